The minimum atomic E-state index is -2.35. The first-order valence-electron chi connectivity index (χ1n) is 7.96. The largest absolute Gasteiger partial charge is 0.464 e. The molecule has 3 rings (SSSR count). The van der Waals surface area contributed by atoms with Crippen LogP contribution < -0.4 is 5.32 Å². The van der Waals surface area contributed by atoms with Gasteiger partial charge < -0.3 is 14.5 Å². The molecule has 0 unspecified atom stereocenters. The molecule has 0 saturated heterocycles. The van der Waals surface area contributed by atoms with Gasteiger partial charge in [-0.25, -0.2) is 0 Å². The summed E-state index contributed by atoms with van der Waals surface area (Å²) >= 11 is 0.592. The summed E-state index contributed by atoms with van der Waals surface area (Å²) in [5, 5.41) is 3.57. The highest BCUT2D eigenvalue weighted by atomic mass is 32.2. The third-order valence-corrected chi connectivity index (χ3v) is 5.73. The molecule has 2 fully saturated rings. The van der Waals surface area contributed by atoms with Crippen molar-refractivity contribution in [3.8, 4) is 0 Å². The van der Waals surface area contributed by atoms with Crippen LogP contribution in [0.3, 0.4) is 0 Å². The van der Waals surface area contributed by atoms with Crippen molar-refractivity contribution in [2.75, 3.05) is 6.61 Å². The molecule has 1 aromatic heterocycles. The lowest BCUT2D eigenvalue weighted by Gasteiger charge is -2.61. The Morgan fingerprint density at radius 1 is 1.41 bits per heavy atom. The maximum atomic E-state index is 12.2. The SMILES string of the molecule is CCO[C@H]1C[C@H](NCc2ccc(CSC(F)F)o2)C12CCC2. The molecular weight excluding hydrogens is 308 g/mol. The fourth-order valence-electron chi connectivity index (χ4n) is 3.69. The second-order valence-corrected chi connectivity index (χ2v) is 7.12. The van der Waals surface area contributed by atoms with E-state index < -0.39 is 5.76 Å². The Bertz CT molecular complexity index is 490. The summed E-state index contributed by atoms with van der Waals surface area (Å²) < 4.78 is 35.8. The van der Waals surface area contributed by atoms with Gasteiger partial charge in [0.05, 0.1) is 18.4 Å². The Morgan fingerprint density at radius 3 is 2.82 bits per heavy atom. The minimum absolute atomic E-state index is 0.220. The lowest BCUT2D eigenvalue weighted by molar-refractivity contribution is -0.173. The molecular formula is C16H23F2NO2S. The number of furan rings is 1. The van der Waals surface area contributed by atoms with Gasteiger partial charge in [-0.05, 0) is 38.3 Å². The summed E-state index contributed by atoms with van der Waals surface area (Å²) in [6, 6.07) is 4.15. The second kappa shape index (κ2) is 6.89. The van der Waals surface area contributed by atoms with Crippen molar-refractivity contribution in [2.24, 2.45) is 5.41 Å². The van der Waals surface area contributed by atoms with Crippen molar-refractivity contribution in [1.82, 2.24) is 5.32 Å². The van der Waals surface area contributed by atoms with E-state index in [1.807, 2.05) is 6.07 Å². The number of ether oxygens (including phenoxy) is 1. The predicted octanol–water partition coefficient (Wildman–Crippen LogP) is 4.17. The monoisotopic (exact) mass is 331 g/mol. The van der Waals surface area contributed by atoms with Crippen molar-refractivity contribution in [1.29, 1.82) is 0 Å². The molecule has 0 aliphatic heterocycles. The number of hydrogen-bond acceptors (Lipinski definition) is 4. The van der Waals surface area contributed by atoms with Gasteiger partial charge in [0.25, 0.3) is 5.76 Å². The van der Waals surface area contributed by atoms with Gasteiger partial charge in [-0.15, -0.1) is 0 Å². The molecule has 124 valence electrons. The zero-order chi connectivity index (χ0) is 15.6. The minimum Gasteiger partial charge on any atom is -0.464 e. The smallest absolute Gasteiger partial charge is 0.284 e. The average molecular weight is 331 g/mol. The number of alkyl halides is 2. The highest BCUT2D eigenvalue weighted by Gasteiger charge is 2.58. The number of nitrogens with one attached hydrogen (secondary N) is 1. The van der Waals surface area contributed by atoms with E-state index in [4.69, 9.17) is 9.15 Å². The summed E-state index contributed by atoms with van der Waals surface area (Å²) in [6.07, 6.45) is 5.23. The van der Waals surface area contributed by atoms with Crippen molar-refractivity contribution < 1.29 is 17.9 Å². The van der Waals surface area contributed by atoms with E-state index in [-0.39, 0.29) is 5.75 Å². The quantitative estimate of drug-likeness (QED) is 0.775. The van der Waals surface area contributed by atoms with Gasteiger partial charge in [0.15, 0.2) is 0 Å². The molecule has 1 spiro atoms. The van der Waals surface area contributed by atoms with Crippen LogP contribution in [0.1, 0.15) is 44.1 Å². The van der Waals surface area contributed by atoms with Crippen LogP contribution in [0, 0.1) is 5.41 Å². The molecule has 22 heavy (non-hydrogen) atoms. The van der Waals surface area contributed by atoms with E-state index in [2.05, 4.69) is 12.2 Å². The highest BCUT2D eigenvalue weighted by molar-refractivity contribution is 7.98. The fourth-order valence-corrected chi connectivity index (χ4v) is 4.13. The van der Waals surface area contributed by atoms with E-state index in [1.165, 1.54) is 19.3 Å². The molecule has 1 aromatic rings. The number of rotatable bonds is 8. The number of hydrogen-bond donors (Lipinski definition) is 1. The molecule has 1 heterocycles. The van der Waals surface area contributed by atoms with Gasteiger partial charge in [0, 0.05) is 18.1 Å². The Balaban J connectivity index is 1.47. The number of halogens is 2. The summed E-state index contributed by atoms with van der Waals surface area (Å²) in [4.78, 5) is 0. The van der Waals surface area contributed by atoms with Crippen molar-refractivity contribution in [2.45, 2.75) is 62.8 Å². The molecule has 0 amide bonds. The molecule has 6 heteroatoms. The van der Waals surface area contributed by atoms with Gasteiger partial charge in [-0.1, -0.05) is 18.2 Å². The molecule has 1 N–H and O–H groups in total. The van der Waals surface area contributed by atoms with Crippen LogP contribution in [-0.2, 0) is 17.0 Å². The molecule has 0 aromatic carbocycles. The zero-order valence-electron chi connectivity index (χ0n) is 12.8. The molecule has 2 saturated carbocycles. The highest BCUT2D eigenvalue weighted by Crippen LogP contribution is 2.57. The second-order valence-electron chi connectivity index (χ2n) is 6.14. The molecule has 0 radical (unpaired) electrons. The van der Waals surface area contributed by atoms with Crippen LogP contribution in [0.25, 0.3) is 0 Å². The van der Waals surface area contributed by atoms with Gasteiger partial charge in [0.1, 0.15) is 11.5 Å². The van der Waals surface area contributed by atoms with Crippen molar-refractivity contribution in [3.63, 3.8) is 0 Å². The molecule has 2 aliphatic carbocycles. The Morgan fingerprint density at radius 2 is 2.18 bits per heavy atom. The summed E-state index contributed by atoms with van der Waals surface area (Å²) in [5.74, 6) is -0.701. The predicted molar refractivity (Wildman–Crippen MR) is 82.9 cm³/mol. The van der Waals surface area contributed by atoms with Crippen LogP contribution in [0.4, 0.5) is 8.78 Å². The van der Waals surface area contributed by atoms with E-state index in [9.17, 15) is 8.78 Å². The van der Waals surface area contributed by atoms with Crippen LogP contribution in [0.5, 0.6) is 0 Å². The molecule has 0 bridgehead atoms. The zero-order valence-corrected chi connectivity index (χ0v) is 13.6. The standard InChI is InChI=1S/C16H23F2NO2S/c1-2-20-14-8-13(16(14)6-3-7-16)19-9-11-4-5-12(21-11)10-22-15(17)18/h4-5,13-15,19H,2-3,6-10H2,1H3/t13-,14-/m0/s1. The fraction of sp³-hybridized carbons (Fsp3) is 0.750. The first-order valence-corrected chi connectivity index (χ1v) is 9.01. The lowest BCUT2D eigenvalue weighted by atomic mass is 9.51. The maximum absolute atomic E-state index is 12.2. The number of thioether (sulfide) groups is 1. The van der Waals surface area contributed by atoms with Crippen molar-refractivity contribution in [3.05, 3.63) is 23.7 Å². The van der Waals surface area contributed by atoms with E-state index in [1.54, 1.807) is 6.07 Å². The molecule has 3 nitrogen and oxygen atoms in total. The maximum Gasteiger partial charge on any atom is 0.284 e. The van der Waals surface area contributed by atoms with Crippen LogP contribution in [0.15, 0.2) is 16.5 Å². The summed E-state index contributed by atoms with van der Waals surface area (Å²) in [5.41, 5.74) is 0.330. The van der Waals surface area contributed by atoms with Gasteiger partial charge >= 0.3 is 0 Å². The Hall–Kier alpha value is -0.590. The van der Waals surface area contributed by atoms with Gasteiger partial charge in [0.2, 0.25) is 0 Å². The van der Waals surface area contributed by atoms with Crippen LogP contribution in [-0.4, -0.2) is 24.5 Å². The Labute approximate surface area is 134 Å². The first-order chi connectivity index (χ1) is 10.6. The van der Waals surface area contributed by atoms with Crippen LogP contribution >= 0.6 is 11.8 Å². The molecule has 2 atom stereocenters. The van der Waals surface area contributed by atoms with E-state index in [0.717, 1.165) is 18.8 Å². The summed E-state index contributed by atoms with van der Waals surface area (Å²) in [6.45, 7) is 3.49. The topological polar surface area (TPSA) is 34.4 Å². The van der Waals surface area contributed by atoms with E-state index >= 15 is 0 Å². The van der Waals surface area contributed by atoms with Crippen molar-refractivity contribution >= 4 is 11.8 Å². The Kier molecular flexibility index (Phi) is 5.10. The molecule has 2 aliphatic rings. The summed E-state index contributed by atoms with van der Waals surface area (Å²) in [7, 11) is 0. The van der Waals surface area contributed by atoms with E-state index in [0.29, 0.717) is 41.6 Å². The average Bonchev–Trinajstić information content (AvgIpc) is 2.85. The third kappa shape index (κ3) is 3.19. The third-order valence-electron chi connectivity index (χ3n) is 5.03. The van der Waals surface area contributed by atoms with Crippen LogP contribution in [0.2, 0.25) is 0 Å². The van der Waals surface area contributed by atoms with Gasteiger partial charge in [-0.3, -0.25) is 0 Å². The lowest BCUT2D eigenvalue weighted by Crippen LogP contribution is -2.66. The first kappa shape index (κ1) is 16.3. The normalized spacial score (nSPS) is 26.2. The van der Waals surface area contributed by atoms with Gasteiger partial charge in [-0.2, -0.15) is 8.78 Å².